The van der Waals surface area contributed by atoms with Crippen LogP contribution in [0.2, 0.25) is 0 Å². The van der Waals surface area contributed by atoms with Gasteiger partial charge < -0.3 is 19.1 Å². The second kappa shape index (κ2) is 8.64. The fraction of sp³-hybridized carbons (Fsp3) is 0.500. The molecule has 1 saturated heterocycles. The molecule has 0 aliphatic carbocycles. The SMILES string of the molecule is CC(C)(C)OC(=O)NC1CCN(c2cnc3ccc(OS(=O)(=O)C(F)(F)F)cc3c2)CC1. The zero-order valence-corrected chi connectivity index (χ0v) is 18.6. The maximum absolute atomic E-state index is 12.6. The summed E-state index contributed by atoms with van der Waals surface area (Å²) >= 11 is 0. The smallest absolute Gasteiger partial charge is 0.444 e. The van der Waals surface area contributed by atoms with Crippen LogP contribution in [0, 0.1) is 0 Å². The van der Waals surface area contributed by atoms with Crippen LogP contribution in [-0.2, 0) is 14.9 Å². The van der Waals surface area contributed by atoms with Crippen molar-refractivity contribution >= 4 is 32.8 Å². The first kappa shape index (κ1) is 23.9. The number of piperidine rings is 1. The number of alkyl halides is 3. The number of alkyl carbamates (subject to hydrolysis) is 1. The van der Waals surface area contributed by atoms with E-state index in [1.54, 1.807) is 33.0 Å². The summed E-state index contributed by atoms with van der Waals surface area (Å²) in [6, 6.07) is 5.37. The highest BCUT2D eigenvalue weighted by Gasteiger charge is 2.48. The molecule has 1 amide bonds. The summed E-state index contributed by atoms with van der Waals surface area (Å²) in [7, 11) is -5.75. The highest BCUT2D eigenvalue weighted by atomic mass is 32.2. The fourth-order valence-corrected chi connectivity index (χ4v) is 3.70. The van der Waals surface area contributed by atoms with Crippen LogP contribution < -0.4 is 14.4 Å². The fourth-order valence-electron chi connectivity index (χ4n) is 3.25. The molecule has 2 heterocycles. The van der Waals surface area contributed by atoms with E-state index in [9.17, 15) is 26.4 Å². The molecule has 1 aromatic carbocycles. The summed E-state index contributed by atoms with van der Waals surface area (Å²) < 4.78 is 69.7. The van der Waals surface area contributed by atoms with Gasteiger partial charge in [0.25, 0.3) is 0 Å². The summed E-state index contributed by atoms with van der Waals surface area (Å²) in [5, 5.41) is 3.29. The van der Waals surface area contributed by atoms with Gasteiger partial charge in [-0.25, -0.2) is 4.79 Å². The van der Waals surface area contributed by atoms with Gasteiger partial charge >= 0.3 is 21.7 Å². The lowest BCUT2D eigenvalue weighted by molar-refractivity contribution is -0.0500. The molecule has 176 valence electrons. The van der Waals surface area contributed by atoms with Gasteiger partial charge in [-0.1, -0.05) is 0 Å². The Morgan fingerprint density at radius 3 is 2.41 bits per heavy atom. The van der Waals surface area contributed by atoms with E-state index in [1.165, 1.54) is 12.1 Å². The van der Waals surface area contributed by atoms with E-state index in [1.807, 2.05) is 4.90 Å². The molecule has 0 bridgehead atoms. The van der Waals surface area contributed by atoms with Crippen LogP contribution in [0.5, 0.6) is 5.75 Å². The van der Waals surface area contributed by atoms with Crippen molar-refractivity contribution in [3.63, 3.8) is 0 Å². The molecule has 1 aliphatic heterocycles. The summed E-state index contributed by atoms with van der Waals surface area (Å²) in [4.78, 5) is 18.3. The Morgan fingerprint density at radius 2 is 1.81 bits per heavy atom. The molecule has 0 radical (unpaired) electrons. The highest BCUT2D eigenvalue weighted by molar-refractivity contribution is 7.88. The van der Waals surface area contributed by atoms with Crippen LogP contribution in [0.15, 0.2) is 30.5 Å². The Hall–Kier alpha value is -2.76. The first-order chi connectivity index (χ1) is 14.7. The van der Waals surface area contributed by atoms with Crippen LogP contribution in [-0.4, -0.2) is 49.7 Å². The number of nitrogens with zero attached hydrogens (tertiary/aromatic N) is 2. The molecule has 0 spiro atoms. The van der Waals surface area contributed by atoms with Crippen molar-refractivity contribution in [3.05, 3.63) is 30.5 Å². The molecule has 0 saturated carbocycles. The Labute approximate surface area is 183 Å². The predicted molar refractivity (Wildman–Crippen MR) is 112 cm³/mol. The third-order valence-corrected chi connectivity index (χ3v) is 5.69. The number of amides is 1. The maximum atomic E-state index is 12.6. The molecule has 3 rings (SSSR count). The first-order valence-electron chi connectivity index (χ1n) is 9.88. The van der Waals surface area contributed by atoms with Crippen LogP contribution in [0.4, 0.5) is 23.7 Å². The first-order valence-corrected chi connectivity index (χ1v) is 11.3. The number of ether oxygens (including phenoxy) is 1. The number of anilines is 1. The Kier molecular flexibility index (Phi) is 6.45. The molecule has 0 unspecified atom stereocenters. The summed E-state index contributed by atoms with van der Waals surface area (Å²) in [6.45, 7) is 6.60. The molecule has 1 N–H and O–H groups in total. The second-order valence-corrected chi connectivity index (χ2v) is 9.98. The van der Waals surface area contributed by atoms with Gasteiger partial charge in [-0.3, -0.25) is 4.98 Å². The van der Waals surface area contributed by atoms with E-state index in [0.717, 1.165) is 11.8 Å². The molecular formula is C20H24F3N3O5S. The molecule has 1 aromatic heterocycles. The van der Waals surface area contributed by atoms with E-state index in [-0.39, 0.29) is 6.04 Å². The third kappa shape index (κ3) is 5.93. The average molecular weight is 475 g/mol. The largest absolute Gasteiger partial charge is 0.534 e. The lowest BCUT2D eigenvalue weighted by Gasteiger charge is -2.34. The number of carbonyl (C=O) groups excluding carboxylic acids is 1. The van der Waals surface area contributed by atoms with Crippen molar-refractivity contribution in [1.29, 1.82) is 0 Å². The minimum absolute atomic E-state index is 0.0397. The monoisotopic (exact) mass is 475 g/mol. The van der Waals surface area contributed by atoms with Gasteiger partial charge in [0.1, 0.15) is 11.4 Å². The zero-order valence-electron chi connectivity index (χ0n) is 17.8. The van der Waals surface area contributed by atoms with Crippen molar-refractivity contribution in [3.8, 4) is 5.75 Å². The lowest BCUT2D eigenvalue weighted by Crippen LogP contribution is -2.46. The molecule has 1 fully saturated rings. The number of fused-ring (bicyclic) bond motifs is 1. The normalized spacial score (nSPS) is 16.1. The van der Waals surface area contributed by atoms with Crippen molar-refractivity contribution in [1.82, 2.24) is 10.3 Å². The number of benzene rings is 1. The van der Waals surface area contributed by atoms with E-state index in [0.29, 0.717) is 36.8 Å². The van der Waals surface area contributed by atoms with Gasteiger partial charge in [0, 0.05) is 24.5 Å². The second-order valence-electron chi connectivity index (χ2n) is 8.44. The minimum atomic E-state index is -5.75. The Morgan fingerprint density at radius 1 is 1.16 bits per heavy atom. The number of aromatic nitrogens is 1. The summed E-state index contributed by atoms with van der Waals surface area (Å²) in [5.74, 6) is -0.450. The van der Waals surface area contributed by atoms with Crippen LogP contribution in [0.1, 0.15) is 33.6 Å². The van der Waals surface area contributed by atoms with Crippen molar-refractivity contribution in [2.75, 3.05) is 18.0 Å². The Balaban J connectivity index is 1.68. The van der Waals surface area contributed by atoms with Gasteiger partial charge in [-0.15, -0.1) is 0 Å². The standard InChI is InChI=1S/C20H24F3N3O5S/c1-19(2,3)30-18(27)25-14-6-8-26(9-7-14)15-10-13-11-16(4-5-17(13)24-12-15)31-32(28,29)20(21,22)23/h4-5,10-12,14H,6-9H2,1-3H3,(H,25,27). The molecule has 1 aliphatic rings. The molecular weight excluding hydrogens is 451 g/mol. The summed E-state index contributed by atoms with van der Waals surface area (Å²) in [6.07, 6.45) is 2.51. The molecule has 12 heteroatoms. The van der Waals surface area contributed by atoms with Crippen LogP contribution in [0.25, 0.3) is 10.9 Å². The lowest BCUT2D eigenvalue weighted by atomic mass is 10.0. The number of hydrogen-bond acceptors (Lipinski definition) is 7. The van der Waals surface area contributed by atoms with Crippen LogP contribution >= 0.6 is 0 Å². The van der Waals surface area contributed by atoms with E-state index >= 15 is 0 Å². The quantitative estimate of drug-likeness (QED) is 0.528. The van der Waals surface area contributed by atoms with Crippen molar-refractivity contribution in [2.45, 2.75) is 50.8 Å². The number of halogens is 3. The number of hydrogen-bond donors (Lipinski definition) is 1. The van der Waals surface area contributed by atoms with Gasteiger partial charge in [0.15, 0.2) is 0 Å². The van der Waals surface area contributed by atoms with Gasteiger partial charge in [-0.2, -0.15) is 21.6 Å². The zero-order chi connectivity index (χ0) is 23.7. The highest BCUT2D eigenvalue weighted by Crippen LogP contribution is 2.30. The van der Waals surface area contributed by atoms with E-state index in [4.69, 9.17) is 4.74 Å². The minimum Gasteiger partial charge on any atom is -0.444 e. The topological polar surface area (TPSA) is 97.8 Å². The summed E-state index contributed by atoms with van der Waals surface area (Å²) in [5.41, 5.74) is -4.89. The number of pyridine rings is 1. The Bertz CT molecular complexity index is 1090. The van der Waals surface area contributed by atoms with Gasteiger partial charge in [-0.05, 0) is 57.9 Å². The van der Waals surface area contributed by atoms with Crippen molar-refractivity contribution < 1.29 is 35.3 Å². The van der Waals surface area contributed by atoms with Gasteiger partial charge in [0.05, 0.1) is 17.4 Å². The number of rotatable bonds is 4. The predicted octanol–water partition coefficient (Wildman–Crippen LogP) is 3.96. The third-order valence-electron chi connectivity index (χ3n) is 4.71. The number of nitrogens with one attached hydrogen (secondary N) is 1. The van der Waals surface area contributed by atoms with E-state index in [2.05, 4.69) is 14.5 Å². The molecule has 32 heavy (non-hydrogen) atoms. The van der Waals surface area contributed by atoms with E-state index < -0.39 is 33.1 Å². The van der Waals surface area contributed by atoms with Gasteiger partial charge in [0.2, 0.25) is 0 Å². The average Bonchev–Trinajstić information content (AvgIpc) is 2.65. The molecule has 0 atom stereocenters. The maximum Gasteiger partial charge on any atom is 0.534 e. The molecule has 2 aromatic rings. The number of carbonyl (C=O) groups is 1. The van der Waals surface area contributed by atoms with Crippen molar-refractivity contribution in [2.24, 2.45) is 0 Å². The van der Waals surface area contributed by atoms with Crippen LogP contribution in [0.3, 0.4) is 0 Å². The molecule has 8 nitrogen and oxygen atoms in total.